The van der Waals surface area contributed by atoms with Gasteiger partial charge in [0.25, 0.3) is 0 Å². The highest BCUT2D eigenvalue weighted by atomic mass is 32.2. The minimum atomic E-state index is -3.49. The molecular weight excluding hydrogens is 346 g/mol. The van der Waals surface area contributed by atoms with Gasteiger partial charge in [-0.1, -0.05) is 42.5 Å². The predicted octanol–water partition coefficient (Wildman–Crippen LogP) is 3.58. The van der Waals surface area contributed by atoms with Gasteiger partial charge in [0.2, 0.25) is 10.0 Å². The fourth-order valence-electron chi connectivity index (χ4n) is 3.47. The predicted molar refractivity (Wildman–Crippen MR) is 101 cm³/mol. The van der Waals surface area contributed by atoms with E-state index in [1.54, 1.807) is 29.0 Å². The quantitative estimate of drug-likeness (QED) is 0.708. The normalized spacial score (nSPS) is 18.7. The Morgan fingerprint density at radius 1 is 0.962 bits per heavy atom. The van der Waals surface area contributed by atoms with Crippen LogP contribution in [0, 0.1) is 0 Å². The van der Waals surface area contributed by atoms with Crippen molar-refractivity contribution in [2.45, 2.75) is 23.8 Å². The number of benzene rings is 2. The summed E-state index contributed by atoms with van der Waals surface area (Å²) >= 11 is 0. The van der Waals surface area contributed by atoms with Crippen molar-refractivity contribution in [2.75, 3.05) is 13.1 Å². The van der Waals surface area contributed by atoms with Crippen LogP contribution >= 0.6 is 0 Å². The van der Waals surface area contributed by atoms with Gasteiger partial charge in [-0.05, 0) is 36.1 Å². The third-order valence-electron chi connectivity index (χ3n) is 4.90. The summed E-state index contributed by atoms with van der Waals surface area (Å²) in [7, 11) is -3.49. The molecule has 1 aromatic heterocycles. The zero-order valence-electron chi connectivity index (χ0n) is 14.4. The number of nitrogens with zero attached hydrogens (tertiary/aromatic N) is 3. The van der Waals surface area contributed by atoms with E-state index in [2.05, 4.69) is 4.98 Å². The summed E-state index contributed by atoms with van der Waals surface area (Å²) in [6, 6.07) is 17.3. The number of imidazole rings is 1. The number of piperidine rings is 1. The van der Waals surface area contributed by atoms with Gasteiger partial charge in [-0.15, -0.1) is 0 Å². The summed E-state index contributed by atoms with van der Waals surface area (Å²) in [5.74, 6) is 0. The maximum atomic E-state index is 13.1. The standard InChI is InChI=1S/C20H21N3O2S/c24-26(25,23-13-4-7-19(15-23)22-14-12-21-16-22)20-10-8-18(9-11-20)17-5-2-1-3-6-17/h1-3,5-6,8-12,14,16,19H,4,7,13,15H2. The first-order chi connectivity index (χ1) is 12.6. The molecule has 1 unspecified atom stereocenters. The number of hydrogen-bond donors (Lipinski definition) is 0. The summed E-state index contributed by atoms with van der Waals surface area (Å²) in [5.41, 5.74) is 2.09. The van der Waals surface area contributed by atoms with Gasteiger partial charge >= 0.3 is 0 Å². The molecular formula is C20H21N3O2S. The Labute approximate surface area is 154 Å². The van der Waals surface area contributed by atoms with Crippen molar-refractivity contribution in [1.29, 1.82) is 0 Å². The van der Waals surface area contributed by atoms with Gasteiger partial charge in [-0.2, -0.15) is 4.31 Å². The van der Waals surface area contributed by atoms with Crippen LogP contribution in [-0.2, 0) is 10.0 Å². The molecule has 1 aliphatic rings. The van der Waals surface area contributed by atoms with Crippen molar-refractivity contribution in [3.63, 3.8) is 0 Å². The van der Waals surface area contributed by atoms with E-state index in [0.29, 0.717) is 18.0 Å². The molecule has 0 bridgehead atoms. The SMILES string of the molecule is O=S(=O)(c1ccc(-c2ccccc2)cc1)N1CCCC(n2ccnc2)C1. The van der Waals surface area contributed by atoms with E-state index in [1.165, 1.54) is 0 Å². The zero-order valence-corrected chi connectivity index (χ0v) is 15.2. The van der Waals surface area contributed by atoms with E-state index in [0.717, 1.165) is 24.0 Å². The molecule has 0 radical (unpaired) electrons. The number of hydrogen-bond acceptors (Lipinski definition) is 3. The van der Waals surface area contributed by atoms with Gasteiger partial charge in [0.1, 0.15) is 0 Å². The van der Waals surface area contributed by atoms with Crippen LogP contribution in [0.25, 0.3) is 11.1 Å². The number of rotatable bonds is 4. The minimum absolute atomic E-state index is 0.143. The summed E-state index contributed by atoms with van der Waals surface area (Å²) in [4.78, 5) is 4.43. The average molecular weight is 367 g/mol. The van der Waals surface area contributed by atoms with E-state index in [1.807, 2.05) is 53.2 Å². The van der Waals surface area contributed by atoms with E-state index >= 15 is 0 Å². The van der Waals surface area contributed by atoms with Crippen molar-refractivity contribution in [1.82, 2.24) is 13.9 Å². The summed E-state index contributed by atoms with van der Waals surface area (Å²) in [6.45, 7) is 1.05. The van der Waals surface area contributed by atoms with Crippen LogP contribution in [0.2, 0.25) is 0 Å². The Morgan fingerprint density at radius 3 is 2.38 bits per heavy atom. The number of sulfonamides is 1. The molecule has 4 rings (SSSR count). The van der Waals surface area contributed by atoms with Crippen LogP contribution in [-0.4, -0.2) is 35.4 Å². The van der Waals surface area contributed by atoms with Gasteiger partial charge in [-0.3, -0.25) is 0 Å². The molecule has 1 aliphatic heterocycles. The average Bonchev–Trinajstić information content (AvgIpc) is 3.24. The molecule has 1 fully saturated rings. The van der Waals surface area contributed by atoms with Gasteiger partial charge in [0.15, 0.2) is 0 Å². The Morgan fingerprint density at radius 2 is 1.69 bits per heavy atom. The first-order valence-corrected chi connectivity index (χ1v) is 10.2. The monoisotopic (exact) mass is 367 g/mol. The van der Waals surface area contributed by atoms with Gasteiger partial charge in [-0.25, -0.2) is 13.4 Å². The lowest BCUT2D eigenvalue weighted by Crippen LogP contribution is -2.40. The topological polar surface area (TPSA) is 55.2 Å². The molecule has 2 aromatic carbocycles. The van der Waals surface area contributed by atoms with Gasteiger partial charge in [0.05, 0.1) is 11.2 Å². The van der Waals surface area contributed by atoms with E-state index in [4.69, 9.17) is 0 Å². The van der Waals surface area contributed by atoms with Crippen LogP contribution in [0.1, 0.15) is 18.9 Å². The van der Waals surface area contributed by atoms with Crippen LogP contribution in [0.5, 0.6) is 0 Å². The first kappa shape index (κ1) is 17.0. The molecule has 5 nitrogen and oxygen atoms in total. The van der Waals surface area contributed by atoms with Crippen molar-refractivity contribution in [3.8, 4) is 11.1 Å². The lowest BCUT2D eigenvalue weighted by atomic mass is 10.1. The third kappa shape index (κ3) is 3.30. The number of aromatic nitrogens is 2. The van der Waals surface area contributed by atoms with Crippen LogP contribution in [0.3, 0.4) is 0 Å². The summed E-state index contributed by atoms with van der Waals surface area (Å²) < 4.78 is 29.7. The lowest BCUT2D eigenvalue weighted by Gasteiger charge is -2.32. The smallest absolute Gasteiger partial charge is 0.243 e. The van der Waals surface area contributed by atoms with Gasteiger partial charge < -0.3 is 4.57 Å². The van der Waals surface area contributed by atoms with Crippen molar-refractivity contribution in [3.05, 3.63) is 73.3 Å². The Kier molecular flexibility index (Phi) is 4.61. The molecule has 6 heteroatoms. The molecule has 1 atom stereocenters. The second-order valence-corrected chi connectivity index (χ2v) is 8.50. The molecule has 134 valence electrons. The lowest BCUT2D eigenvalue weighted by molar-refractivity contribution is 0.266. The van der Waals surface area contributed by atoms with Crippen molar-refractivity contribution >= 4 is 10.0 Å². The van der Waals surface area contributed by atoms with E-state index < -0.39 is 10.0 Å². The highest BCUT2D eigenvalue weighted by molar-refractivity contribution is 7.89. The Bertz CT molecular complexity index is 952. The Balaban J connectivity index is 1.56. The maximum Gasteiger partial charge on any atom is 0.243 e. The van der Waals surface area contributed by atoms with Crippen LogP contribution < -0.4 is 0 Å². The van der Waals surface area contributed by atoms with Crippen molar-refractivity contribution in [2.24, 2.45) is 0 Å². The maximum absolute atomic E-state index is 13.1. The van der Waals surface area contributed by atoms with Crippen LogP contribution in [0.4, 0.5) is 0 Å². The second kappa shape index (κ2) is 7.05. The molecule has 1 saturated heterocycles. The fraction of sp³-hybridized carbons (Fsp3) is 0.250. The summed E-state index contributed by atoms with van der Waals surface area (Å²) in [5, 5.41) is 0. The Hall–Kier alpha value is -2.44. The largest absolute Gasteiger partial charge is 0.333 e. The molecule has 0 spiro atoms. The zero-order chi connectivity index (χ0) is 18.0. The van der Waals surface area contributed by atoms with Gasteiger partial charge in [0, 0.05) is 31.5 Å². The molecule has 0 aliphatic carbocycles. The highest BCUT2D eigenvalue weighted by Gasteiger charge is 2.30. The molecule has 2 heterocycles. The third-order valence-corrected chi connectivity index (χ3v) is 6.78. The summed E-state index contributed by atoms with van der Waals surface area (Å²) in [6.07, 6.45) is 7.21. The highest BCUT2D eigenvalue weighted by Crippen LogP contribution is 2.28. The fourth-order valence-corrected chi connectivity index (χ4v) is 4.98. The van der Waals surface area contributed by atoms with Crippen molar-refractivity contribution < 1.29 is 8.42 Å². The molecule has 0 N–H and O–H groups in total. The van der Waals surface area contributed by atoms with E-state index in [9.17, 15) is 8.42 Å². The molecule has 3 aromatic rings. The minimum Gasteiger partial charge on any atom is -0.333 e. The first-order valence-electron chi connectivity index (χ1n) is 8.78. The van der Waals surface area contributed by atoms with E-state index in [-0.39, 0.29) is 6.04 Å². The molecule has 0 saturated carbocycles. The molecule has 0 amide bonds. The second-order valence-electron chi connectivity index (χ2n) is 6.56. The molecule has 26 heavy (non-hydrogen) atoms. The van der Waals surface area contributed by atoms with Crippen LogP contribution in [0.15, 0.2) is 78.2 Å².